The van der Waals surface area contributed by atoms with Crippen molar-refractivity contribution in [1.82, 2.24) is 15.5 Å². The molecule has 2 aliphatic heterocycles. The number of hydrogen-bond acceptors (Lipinski definition) is 5. The zero-order valence-corrected chi connectivity index (χ0v) is 23.3. The predicted molar refractivity (Wildman–Crippen MR) is 149 cm³/mol. The van der Waals surface area contributed by atoms with E-state index in [1.54, 1.807) is 18.2 Å². The topological polar surface area (TPSA) is 84.8 Å². The molecule has 2 aromatic rings. The number of carbonyl (C=O) groups is 1. The van der Waals surface area contributed by atoms with Crippen LogP contribution in [0.25, 0.3) is 0 Å². The van der Waals surface area contributed by atoms with Gasteiger partial charge in [-0.05, 0) is 77.6 Å². The number of fused-ring (bicyclic) bond motifs is 1. The van der Waals surface area contributed by atoms with Gasteiger partial charge in [-0.2, -0.15) is 0 Å². The van der Waals surface area contributed by atoms with E-state index in [1.807, 2.05) is 18.2 Å². The van der Waals surface area contributed by atoms with E-state index in [0.717, 1.165) is 37.2 Å². The fraction of sp³-hybridized carbons (Fsp3) is 0.536. The minimum absolute atomic E-state index is 0. The van der Waals surface area contributed by atoms with Gasteiger partial charge >= 0.3 is 0 Å². The number of hydrogen-bond donors (Lipinski definition) is 4. The van der Waals surface area contributed by atoms with Crippen LogP contribution in [-0.4, -0.2) is 52.7 Å². The Morgan fingerprint density at radius 2 is 1.86 bits per heavy atom. The van der Waals surface area contributed by atoms with Crippen molar-refractivity contribution in [3.63, 3.8) is 0 Å². The lowest BCUT2D eigenvalue weighted by molar-refractivity contribution is -0.124. The highest BCUT2D eigenvalue weighted by atomic mass is 35.5. The average Bonchev–Trinajstić information content (AvgIpc) is 2.80. The van der Waals surface area contributed by atoms with Crippen molar-refractivity contribution in [3.8, 4) is 11.5 Å². The molecule has 4 N–H and O–H groups in total. The van der Waals surface area contributed by atoms with E-state index in [4.69, 9.17) is 0 Å². The lowest BCUT2D eigenvalue weighted by atomic mass is 9.68. The maximum Gasteiger partial charge on any atom is 0.237 e. The number of halogens is 2. The van der Waals surface area contributed by atoms with Crippen LogP contribution in [0.5, 0.6) is 11.5 Å². The molecule has 200 valence electrons. The molecular weight excluding hydrogens is 499 g/mol. The maximum atomic E-state index is 13.2. The van der Waals surface area contributed by atoms with Crippen LogP contribution in [-0.2, 0) is 23.2 Å². The first-order chi connectivity index (χ1) is 16.2. The Morgan fingerprint density at radius 3 is 2.53 bits per heavy atom. The van der Waals surface area contributed by atoms with Crippen molar-refractivity contribution in [3.05, 3.63) is 59.2 Å². The Kier molecular flexibility index (Phi) is 10.5. The molecule has 1 fully saturated rings. The average molecular weight is 541 g/mol. The number of carbonyl (C=O) groups excluding carboxylic acids is 1. The van der Waals surface area contributed by atoms with Crippen LogP contribution in [0, 0.1) is 11.8 Å². The van der Waals surface area contributed by atoms with Gasteiger partial charge in [0.25, 0.3) is 0 Å². The standard InChI is InChI=1S/C28H39N3O3.2ClH/c1-18(2)26(30-27(34)25-13-20-8-9-24(33)12-21(20)15-29-25)17-31-11-10-28(4,19(3)16-31)22-6-5-7-23(32)14-22;;/h5-9,12,14,18-19,25-26,29,32-33H,10-11,13,15-17H2,1-4H3,(H,30,34);2*1H/t19-,25+,26+,28+;;/m0../s1/i27+2;;. The van der Waals surface area contributed by atoms with Gasteiger partial charge in [0.1, 0.15) is 11.5 Å². The Morgan fingerprint density at radius 1 is 1.14 bits per heavy atom. The lowest BCUT2D eigenvalue weighted by Crippen LogP contribution is -2.56. The molecule has 36 heavy (non-hydrogen) atoms. The number of piperidine rings is 1. The third-order valence-electron chi connectivity index (χ3n) is 8.13. The van der Waals surface area contributed by atoms with Crippen molar-refractivity contribution < 1.29 is 15.0 Å². The summed E-state index contributed by atoms with van der Waals surface area (Å²) in [5.41, 5.74) is 3.40. The van der Waals surface area contributed by atoms with Gasteiger partial charge in [-0.3, -0.25) is 4.79 Å². The van der Waals surface area contributed by atoms with Gasteiger partial charge in [-0.15, -0.1) is 24.8 Å². The second-order valence-corrected chi connectivity index (χ2v) is 10.8. The summed E-state index contributed by atoms with van der Waals surface area (Å²) in [6.45, 7) is 12.3. The second-order valence-electron chi connectivity index (χ2n) is 10.8. The molecule has 6 nitrogen and oxygen atoms in total. The monoisotopic (exact) mass is 539 g/mol. The van der Waals surface area contributed by atoms with E-state index in [0.29, 0.717) is 30.6 Å². The van der Waals surface area contributed by atoms with Gasteiger partial charge in [-0.25, -0.2) is 0 Å². The molecule has 1 amide bonds. The molecule has 0 spiro atoms. The summed E-state index contributed by atoms with van der Waals surface area (Å²) in [5, 5.41) is 26.3. The summed E-state index contributed by atoms with van der Waals surface area (Å²) in [7, 11) is 0. The van der Waals surface area contributed by atoms with Gasteiger partial charge in [0.2, 0.25) is 5.91 Å². The number of phenolic OH excluding ortho intramolecular Hbond substituents is 2. The quantitative estimate of drug-likeness (QED) is 0.437. The number of likely N-dealkylation sites (tertiary alicyclic amines) is 1. The van der Waals surface area contributed by atoms with Crippen molar-refractivity contribution in [2.75, 3.05) is 19.6 Å². The number of benzene rings is 2. The number of rotatable bonds is 6. The van der Waals surface area contributed by atoms with Gasteiger partial charge in [0, 0.05) is 25.7 Å². The molecule has 2 aliphatic rings. The molecule has 4 rings (SSSR count). The van der Waals surface area contributed by atoms with Crippen molar-refractivity contribution in [2.45, 2.75) is 64.6 Å². The largest absolute Gasteiger partial charge is 0.508 e. The third-order valence-corrected chi connectivity index (χ3v) is 8.13. The molecule has 0 saturated carbocycles. The van der Waals surface area contributed by atoms with E-state index in [-0.39, 0.29) is 54.0 Å². The highest BCUT2D eigenvalue weighted by molar-refractivity contribution is 5.85. The zero-order valence-electron chi connectivity index (χ0n) is 21.7. The smallest absolute Gasteiger partial charge is 0.237 e. The lowest BCUT2D eigenvalue weighted by Gasteiger charge is -2.46. The van der Waals surface area contributed by atoms with Gasteiger partial charge in [-0.1, -0.05) is 45.9 Å². The molecule has 0 bridgehead atoms. The number of nitrogens with one attached hydrogen (secondary N) is 2. The number of phenols is 2. The van der Waals surface area contributed by atoms with Crippen LogP contribution in [0.1, 0.15) is 50.8 Å². The van der Waals surface area contributed by atoms with Crippen molar-refractivity contribution in [1.29, 1.82) is 0 Å². The summed E-state index contributed by atoms with van der Waals surface area (Å²) in [6.07, 6.45) is 1.65. The Bertz CT molecular complexity index is 1030. The highest BCUT2D eigenvalue weighted by Crippen LogP contribution is 2.40. The minimum atomic E-state index is -0.257. The number of nitrogens with zero attached hydrogens (tertiary/aromatic N) is 1. The summed E-state index contributed by atoms with van der Waals surface area (Å²) in [4.78, 5) is 15.6. The molecule has 2 aromatic carbocycles. The summed E-state index contributed by atoms with van der Waals surface area (Å²) < 4.78 is 0. The zero-order chi connectivity index (χ0) is 24.5. The summed E-state index contributed by atoms with van der Waals surface area (Å²) in [5.74, 6) is 1.39. The SMILES string of the molecule is CC(C)[C@@H](CN1CC[C@@](C)(c2cccc(O)c2)[C@@H](C)C1)N[14C](=O)[C@H]1Cc2ccc(O)cc2CN1.Cl.Cl. The predicted octanol–water partition coefficient (Wildman–Crippen LogP) is 4.40. The number of amides is 1. The fourth-order valence-electron chi connectivity index (χ4n) is 5.44. The van der Waals surface area contributed by atoms with Crippen LogP contribution >= 0.6 is 24.8 Å². The second kappa shape index (κ2) is 12.5. The molecule has 0 radical (unpaired) electrons. The fourth-order valence-corrected chi connectivity index (χ4v) is 5.44. The van der Waals surface area contributed by atoms with Gasteiger partial charge in [0.15, 0.2) is 0 Å². The summed E-state index contributed by atoms with van der Waals surface area (Å²) in [6, 6.07) is 12.9. The molecule has 8 heteroatoms. The molecule has 4 atom stereocenters. The minimum Gasteiger partial charge on any atom is -0.508 e. The molecular formula is C28H41Cl2N3O3. The summed E-state index contributed by atoms with van der Waals surface area (Å²) >= 11 is 0. The van der Waals surface area contributed by atoms with Gasteiger partial charge < -0.3 is 25.7 Å². The van der Waals surface area contributed by atoms with Crippen LogP contribution < -0.4 is 10.6 Å². The van der Waals surface area contributed by atoms with Gasteiger partial charge in [0.05, 0.1) is 6.04 Å². The number of aromatic hydroxyl groups is 2. The van der Waals surface area contributed by atoms with Crippen LogP contribution in [0.2, 0.25) is 0 Å². The van der Waals surface area contributed by atoms with Crippen LogP contribution in [0.3, 0.4) is 0 Å². The van der Waals surface area contributed by atoms with Crippen LogP contribution in [0.15, 0.2) is 42.5 Å². The molecule has 2 heterocycles. The van der Waals surface area contributed by atoms with E-state index in [1.165, 1.54) is 5.56 Å². The first-order valence-corrected chi connectivity index (χ1v) is 12.5. The third kappa shape index (κ3) is 6.65. The first kappa shape index (κ1) is 30.2. The Labute approximate surface area is 227 Å². The van der Waals surface area contributed by atoms with E-state index >= 15 is 0 Å². The normalized spacial score (nSPS) is 24.7. The van der Waals surface area contributed by atoms with Crippen molar-refractivity contribution >= 4 is 30.7 Å². The molecule has 0 aromatic heterocycles. The van der Waals surface area contributed by atoms with Crippen LogP contribution in [0.4, 0.5) is 0 Å². The van der Waals surface area contributed by atoms with E-state index < -0.39 is 0 Å². The molecule has 1 saturated heterocycles. The van der Waals surface area contributed by atoms with E-state index in [2.05, 4.69) is 49.3 Å². The molecule has 0 unspecified atom stereocenters. The maximum absolute atomic E-state index is 13.2. The van der Waals surface area contributed by atoms with E-state index in [9.17, 15) is 15.0 Å². The Balaban J connectivity index is 0.00000228. The Hall–Kier alpha value is -1.99. The highest BCUT2D eigenvalue weighted by Gasteiger charge is 2.39. The van der Waals surface area contributed by atoms with Crippen molar-refractivity contribution in [2.24, 2.45) is 11.8 Å². The first-order valence-electron chi connectivity index (χ1n) is 12.5. The molecule has 0 aliphatic carbocycles.